The number of hydrogen-bond donors (Lipinski definition) is 2. The predicted molar refractivity (Wildman–Crippen MR) is 98.9 cm³/mol. The van der Waals surface area contributed by atoms with Crippen molar-refractivity contribution in [1.29, 1.82) is 0 Å². The number of esters is 1. The summed E-state index contributed by atoms with van der Waals surface area (Å²) in [6.07, 6.45) is 4.32. The molecule has 1 heterocycles. The minimum Gasteiger partial charge on any atom is -0.459 e. The van der Waals surface area contributed by atoms with Gasteiger partial charge in [-0.2, -0.15) is 0 Å². The molecule has 2 amide bonds. The molecule has 2 aromatic rings. The van der Waals surface area contributed by atoms with Gasteiger partial charge in [-0.1, -0.05) is 50.1 Å². The standard InChI is InChI=1S/C20H24N2O5/c1-2-3-7-12-21-17(23)14-27-20(25)18(15-9-5-4-6-10-15)22-19(24)16-11-8-13-26-16/h4-6,8-11,13,18H,2-3,7,12,14H2,1H3,(H,21,23)(H,22,24). The van der Waals surface area contributed by atoms with E-state index in [1.54, 1.807) is 36.4 Å². The Kier molecular flexibility index (Phi) is 8.09. The maximum Gasteiger partial charge on any atom is 0.333 e. The van der Waals surface area contributed by atoms with Crippen LogP contribution in [0.1, 0.15) is 48.3 Å². The number of carbonyl (C=O) groups is 3. The molecule has 0 saturated heterocycles. The van der Waals surface area contributed by atoms with E-state index in [0.29, 0.717) is 12.1 Å². The Balaban J connectivity index is 1.95. The molecular formula is C20H24N2O5. The first-order chi connectivity index (χ1) is 13.1. The monoisotopic (exact) mass is 372 g/mol. The molecule has 7 nitrogen and oxygen atoms in total. The average Bonchev–Trinajstić information content (AvgIpc) is 3.23. The van der Waals surface area contributed by atoms with Gasteiger partial charge >= 0.3 is 5.97 Å². The lowest BCUT2D eigenvalue weighted by molar-refractivity contribution is -0.150. The van der Waals surface area contributed by atoms with Crippen LogP contribution >= 0.6 is 0 Å². The number of unbranched alkanes of at least 4 members (excludes halogenated alkanes) is 2. The average molecular weight is 372 g/mol. The summed E-state index contributed by atoms with van der Waals surface area (Å²) in [6, 6.07) is 10.7. The third-order valence-corrected chi connectivity index (χ3v) is 3.84. The molecule has 1 aromatic heterocycles. The van der Waals surface area contributed by atoms with E-state index in [0.717, 1.165) is 19.3 Å². The van der Waals surface area contributed by atoms with E-state index in [2.05, 4.69) is 17.6 Å². The van der Waals surface area contributed by atoms with Crippen molar-refractivity contribution in [3.05, 3.63) is 60.1 Å². The van der Waals surface area contributed by atoms with Gasteiger partial charge in [0.25, 0.3) is 11.8 Å². The molecule has 0 bridgehead atoms. The lowest BCUT2D eigenvalue weighted by Gasteiger charge is -2.17. The first-order valence-corrected chi connectivity index (χ1v) is 8.94. The smallest absolute Gasteiger partial charge is 0.333 e. The number of rotatable bonds is 10. The van der Waals surface area contributed by atoms with Crippen LogP contribution in [0.15, 0.2) is 53.1 Å². The Morgan fingerprint density at radius 1 is 1.07 bits per heavy atom. The van der Waals surface area contributed by atoms with Crippen LogP contribution in [-0.2, 0) is 14.3 Å². The maximum absolute atomic E-state index is 12.5. The number of furan rings is 1. The first-order valence-electron chi connectivity index (χ1n) is 8.94. The van der Waals surface area contributed by atoms with E-state index in [-0.39, 0.29) is 11.7 Å². The summed E-state index contributed by atoms with van der Waals surface area (Å²) in [5.74, 6) is -1.55. The van der Waals surface area contributed by atoms with Crippen molar-refractivity contribution in [3.63, 3.8) is 0 Å². The zero-order valence-corrected chi connectivity index (χ0v) is 15.3. The minimum absolute atomic E-state index is 0.0809. The maximum atomic E-state index is 12.5. The Bertz CT molecular complexity index is 728. The third-order valence-electron chi connectivity index (χ3n) is 3.84. The Morgan fingerprint density at radius 2 is 1.85 bits per heavy atom. The summed E-state index contributed by atoms with van der Waals surface area (Å²) >= 11 is 0. The van der Waals surface area contributed by atoms with E-state index in [9.17, 15) is 14.4 Å². The highest BCUT2D eigenvalue weighted by atomic mass is 16.5. The van der Waals surface area contributed by atoms with E-state index < -0.39 is 24.5 Å². The molecule has 1 aromatic carbocycles. The van der Waals surface area contributed by atoms with Crippen molar-refractivity contribution in [2.45, 2.75) is 32.2 Å². The zero-order chi connectivity index (χ0) is 19.5. The number of nitrogens with one attached hydrogen (secondary N) is 2. The summed E-state index contributed by atoms with van der Waals surface area (Å²) in [5, 5.41) is 5.28. The van der Waals surface area contributed by atoms with Gasteiger partial charge in [0.1, 0.15) is 0 Å². The van der Waals surface area contributed by atoms with Crippen molar-refractivity contribution < 1.29 is 23.5 Å². The highest BCUT2D eigenvalue weighted by molar-refractivity contribution is 5.95. The molecule has 1 unspecified atom stereocenters. The van der Waals surface area contributed by atoms with Crippen LogP contribution in [0.3, 0.4) is 0 Å². The van der Waals surface area contributed by atoms with Crippen LogP contribution in [0.5, 0.6) is 0 Å². The molecule has 0 aliphatic heterocycles. The summed E-state index contributed by atoms with van der Waals surface area (Å²) < 4.78 is 10.1. The number of hydrogen-bond acceptors (Lipinski definition) is 5. The van der Waals surface area contributed by atoms with Gasteiger partial charge in [0.2, 0.25) is 0 Å². The molecule has 0 saturated carbocycles. The summed E-state index contributed by atoms with van der Waals surface area (Å²) in [7, 11) is 0. The highest BCUT2D eigenvalue weighted by Gasteiger charge is 2.26. The zero-order valence-electron chi connectivity index (χ0n) is 15.3. The lowest BCUT2D eigenvalue weighted by atomic mass is 10.1. The van der Waals surface area contributed by atoms with Crippen molar-refractivity contribution in [2.75, 3.05) is 13.2 Å². The highest BCUT2D eigenvalue weighted by Crippen LogP contribution is 2.15. The summed E-state index contributed by atoms with van der Waals surface area (Å²) in [4.78, 5) is 36.5. The first kappa shape index (κ1) is 20.2. The number of carbonyl (C=O) groups excluding carboxylic acids is 3. The topological polar surface area (TPSA) is 97.6 Å². The Labute approximate surface area is 158 Å². The second-order valence-corrected chi connectivity index (χ2v) is 5.96. The second kappa shape index (κ2) is 10.8. The van der Waals surface area contributed by atoms with Crippen LogP contribution in [0.2, 0.25) is 0 Å². The molecule has 0 aliphatic rings. The van der Waals surface area contributed by atoms with Gasteiger partial charge in [0, 0.05) is 6.54 Å². The van der Waals surface area contributed by atoms with Gasteiger partial charge in [-0.15, -0.1) is 0 Å². The van der Waals surface area contributed by atoms with Crippen molar-refractivity contribution in [2.24, 2.45) is 0 Å². The fourth-order valence-corrected chi connectivity index (χ4v) is 2.41. The molecule has 1 atom stereocenters. The van der Waals surface area contributed by atoms with Gasteiger partial charge in [0.15, 0.2) is 18.4 Å². The molecule has 0 spiro atoms. The van der Waals surface area contributed by atoms with Crippen LogP contribution in [0, 0.1) is 0 Å². The van der Waals surface area contributed by atoms with E-state index in [1.165, 1.54) is 12.3 Å². The summed E-state index contributed by atoms with van der Waals surface area (Å²) in [5.41, 5.74) is 0.547. The molecule has 2 N–H and O–H groups in total. The quantitative estimate of drug-likeness (QED) is 0.493. The molecule has 144 valence electrons. The normalized spacial score (nSPS) is 11.4. The molecule has 27 heavy (non-hydrogen) atoms. The molecule has 0 aliphatic carbocycles. The SMILES string of the molecule is CCCCCNC(=O)COC(=O)C(NC(=O)c1ccco1)c1ccccc1. The predicted octanol–water partition coefficient (Wildman–Crippen LogP) is 2.60. The van der Waals surface area contributed by atoms with Crippen molar-refractivity contribution in [3.8, 4) is 0 Å². The van der Waals surface area contributed by atoms with Crippen molar-refractivity contribution in [1.82, 2.24) is 10.6 Å². The van der Waals surface area contributed by atoms with Gasteiger partial charge in [-0.3, -0.25) is 9.59 Å². The van der Waals surface area contributed by atoms with Gasteiger partial charge in [-0.25, -0.2) is 4.79 Å². The van der Waals surface area contributed by atoms with E-state index in [4.69, 9.17) is 9.15 Å². The fraction of sp³-hybridized carbons (Fsp3) is 0.350. The molecule has 0 fully saturated rings. The van der Waals surface area contributed by atoms with Gasteiger partial charge in [0.05, 0.1) is 6.26 Å². The van der Waals surface area contributed by atoms with Crippen LogP contribution in [0.25, 0.3) is 0 Å². The summed E-state index contributed by atoms with van der Waals surface area (Å²) in [6.45, 7) is 2.22. The van der Waals surface area contributed by atoms with E-state index in [1.807, 2.05) is 0 Å². The Hall–Kier alpha value is -3.09. The molecule has 2 rings (SSSR count). The number of ether oxygens (including phenoxy) is 1. The van der Waals surface area contributed by atoms with Crippen LogP contribution < -0.4 is 10.6 Å². The lowest BCUT2D eigenvalue weighted by Crippen LogP contribution is -2.37. The minimum atomic E-state index is -1.04. The second-order valence-electron chi connectivity index (χ2n) is 5.96. The number of benzene rings is 1. The number of amides is 2. The van der Waals surface area contributed by atoms with Crippen LogP contribution in [0.4, 0.5) is 0 Å². The molecule has 0 radical (unpaired) electrons. The van der Waals surface area contributed by atoms with Crippen LogP contribution in [-0.4, -0.2) is 30.9 Å². The molecular weight excluding hydrogens is 348 g/mol. The largest absolute Gasteiger partial charge is 0.459 e. The third kappa shape index (κ3) is 6.62. The molecule has 7 heteroatoms. The Morgan fingerprint density at radius 3 is 2.52 bits per heavy atom. The van der Waals surface area contributed by atoms with Crippen molar-refractivity contribution >= 4 is 17.8 Å². The van der Waals surface area contributed by atoms with Gasteiger partial charge in [-0.05, 0) is 24.1 Å². The fourth-order valence-electron chi connectivity index (χ4n) is 2.41. The van der Waals surface area contributed by atoms with E-state index >= 15 is 0 Å². The van der Waals surface area contributed by atoms with Gasteiger partial charge < -0.3 is 19.8 Å².